The Kier molecular flexibility index (Phi) is 6.17. The topological polar surface area (TPSA) is 80.1 Å². The predicted molar refractivity (Wildman–Crippen MR) is 113 cm³/mol. The summed E-state index contributed by atoms with van der Waals surface area (Å²) in [7, 11) is 0. The highest BCUT2D eigenvalue weighted by Crippen LogP contribution is 2.13. The van der Waals surface area contributed by atoms with Crippen LogP contribution in [0.25, 0.3) is 0 Å². The van der Waals surface area contributed by atoms with E-state index < -0.39 is 6.04 Å². The van der Waals surface area contributed by atoms with E-state index in [0.717, 1.165) is 37.1 Å². The Morgan fingerprint density at radius 2 is 1.57 bits per heavy atom. The molecule has 154 valence electrons. The van der Waals surface area contributed by atoms with Crippen LogP contribution in [-0.4, -0.2) is 50.8 Å². The van der Waals surface area contributed by atoms with Gasteiger partial charge in [-0.05, 0) is 24.0 Å². The molecular formula is C23H25N5O2. The van der Waals surface area contributed by atoms with Crippen molar-refractivity contribution in [2.45, 2.75) is 31.8 Å². The lowest BCUT2D eigenvalue weighted by atomic mass is 10.0. The summed E-state index contributed by atoms with van der Waals surface area (Å²) in [6, 6.07) is 19.0. The first-order valence-electron chi connectivity index (χ1n) is 10.3. The molecule has 2 amide bonds. The molecule has 2 aromatic carbocycles. The van der Waals surface area contributed by atoms with E-state index in [0.29, 0.717) is 13.0 Å². The molecule has 1 atom stereocenters. The average molecular weight is 403 g/mol. The maximum absolute atomic E-state index is 13.0. The van der Waals surface area contributed by atoms with E-state index in [9.17, 15) is 9.59 Å². The Labute approximate surface area is 175 Å². The van der Waals surface area contributed by atoms with Crippen molar-refractivity contribution >= 4 is 11.8 Å². The van der Waals surface area contributed by atoms with E-state index in [2.05, 4.69) is 15.6 Å². The van der Waals surface area contributed by atoms with Gasteiger partial charge >= 0.3 is 0 Å². The smallest absolute Gasteiger partial charge is 0.274 e. The third-order valence-corrected chi connectivity index (χ3v) is 5.26. The van der Waals surface area contributed by atoms with Gasteiger partial charge in [0.2, 0.25) is 5.91 Å². The van der Waals surface area contributed by atoms with Crippen LogP contribution in [-0.2, 0) is 17.8 Å². The molecule has 0 saturated carbocycles. The third kappa shape index (κ3) is 4.92. The lowest BCUT2D eigenvalue weighted by Crippen LogP contribution is -2.49. The molecule has 1 unspecified atom stereocenters. The van der Waals surface area contributed by atoms with Crippen LogP contribution in [0.15, 0.2) is 66.9 Å². The molecule has 1 saturated heterocycles. The van der Waals surface area contributed by atoms with Crippen LogP contribution in [0.1, 0.15) is 34.5 Å². The van der Waals surface area contributed by atoms with E-state index in [-0.39, 0.29) is 17.5 Å². The van der Waals surface area contributed by atoms with Crippen LogP contribution in [0.2, 0.25) is 0 Å². The standard InChI is InChI=1S/C23H25N5O2/c29-22(21-17-28(26-25-21)16-19-11-5-2-6-12-19)24-20(15-18-9-3-1-4-10-18)23(30)27-13-7-8-14-27/h1-6,9-12,17,20H,7-8,13-16H2,(H,24,29). The molecule has 1 aromatic heterocycles. The van der Waals surface area contributed by atoms with Crippen LogP contribution >= 0.6 is 0 Å². The molecule has 2 heterocycles. The Bertz CT molecular complexity index is 981. The number of hydrogen-bond donors (Lipinski definition) is 1. The zero-order valence-electron chi connectivity index (χ0n) is 16.8. The van der Waals surface area contributed by atoms with E-state index in [1.54, 1.807) is 10.9 Å². The first kappa shape index (κ1) is 19.8. The average Bonchev–Trinajstić information content (AvgIpc) is 3.47. The molecule has 0 spiro atoms. The summed E-state index contributed by atoms with van der Waals surface area (Å²) in [6.07, 6.45) is 4.07. The molecule has 7 heteroatoms. The van der Waals surface area contributed by atoms with Crippen molar-refractivity contribution in [3.63, 3.8) is 0 Å². The zero-order chi connectivity index (χ0) is 20.8. The highest BCUT2D eigenvalue weighted by Gasteiger charge is 2.29. The number of aromatic nitrogens is 3. The highest BCUT2D eigenvalue weighted by molar-refractivity contribution is 5.96. The number of amides is 2. The van der Waals surface area contributed by atoms with Gasteiger partial charge in [-0.25, -0.2) is 4.68 Å². The third-order valence-electron chi connectivity index (χ3n) is 5.26. The van der Waals surface area contributed by atoms with Gasteiger partial charge in [0.25, 0.3) is 5.91 Å². The Morgan fingerprint density at radius 1 is 0.933 bits per heavy atom. The summed E-state index contributed by atoms with van der Waals surface area (Å²) >= 11 is 0. The molecule has 1 aliphatic heterocycles. The normalized spacial score (nSPS) is 14.5. The SMILES string of the molecule is O=C(NC(Cc1ccccc1)C(=O)N1CCCC1)c1cn(Cc2ccccc2)nn1. The van der Waals surface area contributed by atoms with E-state index in [4.69, 9.17) is 0 Å². The molecule has 3 aromatic rings. The van der Waals surface area contributed by atoms with Gasteiger partial charge in [-0.3, -0.25) is 9.59 Å². The fourth-order valence-corrected chi connectivity index (χ4v) is 3.69. The second kappa shape index (κ2) is 9.35. The van der Waals surface area contributed by atoms with Crippen molar-refractivity contribution in [3.8, 4) is 0 Å². The van der Waals surface area contributed by atoms with Gasteiger partial charge in [-0.2, -0.15) is 0 Å². The Hall–Kier alpha value is -3.48. The summed E-state index contributed by atoms with van der Waals surface area (Å²) in [5.41, 5.74) is 2.28. The minimum atomic E-state index is -0.628. The molecular weight excluding hydrogens is 378 g/mol. The number of likely N-dealkylation sites (tertiary alicyclic amines) is 1. The van der Waals surface area contributed by atoms with Crippen LogP contribution in [0.3, 0.4) is 0 Å². The molecule has 0 bridgehead atoms. The molecule has 4 rings (SSSR count). The van der Waals surface area contributed by atoms with Gasteiger partial charge in [0, 0.05) is 19.5 Å². The van der Waals surface area contributed by atoms with E-state index >= 15 is 0 Å². The van der Waals surface area contributed by atoms with Gasteiger partial charge in [-0.15, -0.1) is 5.10 Å². The number of benzene rings is 2. The van der Waals surface area contributed by atoms with Crippen molar-refractivity contribution in [2.75, 3.05) is 13.1 Å². The van der Waals surface area contributed by atoms with Crippen molar-refractivity contribution < 1.29 is 9.59 Å². The molecule has 30 heavy (non-hydrogen) atoms. The molecule has 1 fully saturated rings. The minimum Gasteiger partial charge on any atom is -0.341 e. The number of carbonyl (C=O) groups is 2. The van der Waals surface area contributed by atoms with Crippen LogP contribution < -0.4 is 5.32 Å². The van der Waals surface area contributed by atoms with E-state index in [1.807, 2.05) is 65.6 Å². The molecule has 0 aliphatic carbocycles. The maximum Gasteiger partial charge on any atom is 0.274 e. The second-order valence-corrected chi connectivity index (χ2v) is 7.54. The highest BCUT2D eigenvalue weighted by atomic mass is 16.2. The summed E-state index contributed by atoms with van der Waals surface area (Å²) < 4.78 is 1.62. The lowest BCUT2D eigenvalue weighted by Gasteiger charge is -2.24. The Balaban J connectivity index is 1.46. The van der Waals surface area contributed by atoms with E-state index in [1.165, 1.54) is 0 Å². The monoisotopic (exact) mass is 403 g/mol. The van der Waals surface area contributed by atoms with Gasteiger partial charge in [0.15, 0.2) is 5.69 Å². The van der Waals surface area contributed by atoms with Crippen molar-refractivity contribution in [3.05, 3.63) is 83.7 Å². The molecule has 1 aliphatic rings. The minimum absolute atomic E-state index is 0.0404. The first-order chi connectivity index (χ1) is 14.7. The Morgan fingerprint density at radius 3 is 2.23 bits per heavy atom. The van der Waals surface area contributed by atoms with Crippen LogP contribution in [0.4, 0.5) is 0 Å². The summed E-state index contributed by atoms with van der Waals surface area (Å²) in [5, 5.41) is 11.0. The fraction of sp³-hybridized carbons (Fsp3) is 0.304. The lowest BCUT2D eigenvalue weighted by molar-refractivity contribution is -0.132. The van der Waals surface area contributed by atoms with Gasteiger partial charge < -0.3 is 10.2 Å². The molecule has 7 nitrogen and oxygen atoms in total. The number of carbonyl (C=O) groups excluding carboxylic acids is 2. The van der Waals surface area contributed by atoms with Gasteiger partial charge in [0.1, 0.15) is 6.04 Å². The largest absolute Gasteiger partial charge is 0.341 e. The number of hydrogen-bond acceptors (Lipinski definition) is 4. The van der Waals surface area contributed by atoms with Gasteiger partial charge in [0.05, 0.1) is 12.7 Å². The summed E-state index contributed by atoms with van der Waals surface area (Å²) in [5.74, 6) is -0.427. The number of nitrogens with one attached hydrogen (secondary N) is 1. The molecule has 1 N–H and O–H groups in total. The predicted octanol–water partition coefficient (Wildman–Crippen LogP) is 2.29. The molecule has 0 radical (unpaired) electrons. The summed E-state index contributed by atoms with van der Waals surface area (Å²) in [6.45, 7) is 2.02. The van der Waals surface area contributed by atoms with Crippen molar-refractivity contribution in [1.82, 2.24) is 25.2 Å². The van der Waals surface area contributed by atoms with Crippen molar-refractivity contribution in [2.24, 2.45) is 0 Å². The van der Waals surface area contributed by atoms with Crippen LogP contribution in [0.5, 0.6) is 0 Å². The second-order valence-electron chi connectivity index (χ2n) is 7.54. The number of rotatable bonds is 7. The first-order valence-corrected chi connectivity index (χ1v) is 10.3. The quantitative estimate of drug-likeness (QED) is 0.656. The van der Waals surface area contributed by atoms with Crippen LogP contribution in [0, 0.1) is 0 Å². The van der Waals surface area contributed by atoms with Crippen molar-refractivity contribution in [1.29, 1.82) is 0 Å². The maximum atomic E-state index is 13.0. The summed E-state index contributed by atoms with van der Waals surface area (Å²) in [4.78, 5) is 27.7. The fourth-order valence-electron chi connectivity index (χ4n) is 3.69. The zero-order valence-corrected chi connectivity index (χ0v) is 16.8. The van der Waals surface area contributed by atoms with Gasteiger partial charge in [-0.1, -0.05) is 65.9 Å². The number of nitrogens with zero attached hydrogens (tertiary/aromatic N) is 4.